The van der Waals surface area contributed by atoms with Gasteiger partial charge in [0.05, 0.1) is 38.8 Å². The number of rotatable bonds is 14. The van der Waals surface area contributed by atoms with Gasteiger partial charge in [-0.05, 0) is 0 Å². The van der Waals surface area contributed by atoms with Gasteiger partial charge in [-0.25, -0.2) is 0 Å². The van der Waals surface area contributed by atoms with Crippen molar-refractivity contribution in [1.29, 1.82) is 0 Å². The van der Waals surface area contributed by atoms with Gasteiger partial charge in [0.1, 0.15) is 31.0 Å². The Hall–Kier alpha value is -1.03. The SMILES string of the molecule is O=C(CS)NCCOCCOCC(=O)NCCO[C@H]1O[C@H](CO)[C@@H](O)[C@H](O)[C@@H]1O. The van der Waals surface area contributed by atoms with Crippen molar-refractivity contribution in [2.24, 2.45) is 0 Å². The van der Waals surface area contributed by atoms with Crippen LogP contribution in [0.1, 0.15) is 0 Å². The van der Waals surface area contributed by atoms with Crippen molar-refractivity contribution in [3.05, 3.63) is 0 Å². The summed E-state index contributed by atoms with van der Waals surface area (Å²) in [7, 11) is 0. The lowest BCUT2D eigenvalue weighted by Crippen LogP contribution is -2.59. The van der Waals surface area contributed by atoms with E-state index in [1.165, 1.54) is 0 Å². The van der Waals surface area contributed by atoms with Gasteiger partial charge in [-0.1, -0.05) is 0 Å². The van der Waals surface area contributed by atoms with Crippen LogP contribution < -0.4 is 10.6 Å². The number of nitrogens with one attached hydrogen (secondary N) is 2. The number of aliphatic hydroxyl groups is 4. The number of ether oxygens (including phenoxy) is 4. The third-order valence-electron chi connectivity index (χ3n) is 3.87. The van der Waals surface area contributed by atoms with E-state index in [9.17, 15) is 24.9 Å². The van der Waals surface area contributed by atoms with Gasteiger partial charge in [0.2, 0.25) is 11.8 Å². The minimum atomic E-state index is -1.52. The molecule has 29 heavy (non-hydrogen) atoms. The van der Waals surface area contributed by atoms with E-state index in [0.29, 0.717) is 13.2 Å². The molecule has 1 heterocycles. The Morgan fingerprint density at radius 2 is 1.55 bits per heavy atom. The van der Waals surface area contributed by atoms with E-state index < -0.39 is 37.3 Å². The molecule has 1 saturated heterocycles. The Bertz CT molecular complexity index is 485. The first kappa shape index (κ1) is 26.0. The highest BCUT2D eigenvalue weighted by atomic mass is 32.1. The second-order valence-corrected chi connectivity index (χ2v) is 6.41. The largest absolute Gasteiger partial charge is 0.394 e. The Kier molecular flexibility index (Phi) is 13.3. The highest BCUT2D eigenvalue weighted by Gasteiger charge is 2.43. The summed E-state index contributed by atoms with van der Waals surface area (Å²) in [5, 5.41) is 43.3. The van der Waals surface area contributed by atoms with Crippen molar-refractivity contribution < 1.29 is 49.0 Å². The number of carbonyl (C=O) groups is 2. The lowest BCUT2D eigenvalue weighted by atomic mass is 9.99. The molecule has 12 nitrogen and oxygen atoms in total. The summed E-state index contributed by atoms with van der Waals surface area (Å²) in [6.45, 7) is 0.499. The average Bonchev–Trinajstić information content (AvgIpc) is 2.72. The molecular weight excluding hydrogens is 412 g/mol. The third-order valence-corrected chi connectivity index (χ3v) is 4.16. The van der Waals surface area contributed by atoms with Gasteiger partial charge in [-0.2, -0.15) is 12.6 Å². The summed E-state index contributed by atoms with van der Waals surface area (Å²) in [5.41, 5.74) is 0. The van der Waals surface area contributed by atoms with Crippen LogP contribution in [0.15, 0.2) is 0 Å². The summed E-state index contributed by atoms with van der Waals surface area (Å²) < 4.78 is 20.7. The van der Waals surface area contributed by atoms with E-state index in [0.717, 1.165) is 0 Å². The van der Waals surface area contributed by atoms with Gasteiger partial charge in [0.25, 0.3) is 0 Å². The molecule has 0 aliphatic carbocycles. The molecule has 0 radical (unpaired) electrons. The predicted molar refractivity (Wildman–Crippen MR) is 101 cm³/mol. The van der Waals surface area contributed by atoms with Crippen molar-refractivity contribution in [2.75, 3.05) is 58.5 Å². The normalized spacial score (nSPS) is 26.9. The zero-order valence-corrected chi connectivity index (χ0v) is 16.8. The fourth-order valence-electron chi connectivity index (χ4n) is 2.32. The Morgan fingerprint density at radius 1 is 0.897 bits per heavy atom. The molecule has 0 unspecified atom stereocenters. The first-order valence-corrected chi connectivity index (χ1v) is 9.75. The summed E-state index contributed by atoms with van der Waals surface area (Å²) in [6.07, 6.45) is -6.76. The van der Waals surface area contributed by atoms with Crippen LogP contribution in [0.25, 0.3) is 0 Å². The van der Waals surface area contributed by atoms with Gasteiger partial charge in [0.15, 0.2) is 6.29 Å². The standard InChI is InChI=1S/C16H30N2O10S/c19-7-10-13(22)14(23)15(24)16(28-10)27-4-2-17-11(20)8-26-6-5-25-3-1-18-12(21)9-29/h10,13-16,19,22-24,29H,1-9H2,(H,17,20)(H,18,21)/t10-,13-,14+,15+,16+/m1/s1. The lowest BCUT2D eigenvalue weighted by Gasteiger charge is -2.39. The van der Waals surface area contributed by atoms with Crippen LogP contribution in [-0.4, -0.2) is 121 Å². The van der Waals surface area contributed by atoms with Gasteiger partial charge < -0.3 is 50.0 Å². The quantitative estimate of drug-likeness (QED) is 0.104. The van der Waals surface area contributed by atoms with E-state index in [2.05, 4.69) is 23.3 Å². The smallest absolute Gasteiger partial charge is 0.246 e. The van der Waals surface area contributed by atoms with Crippen molar-refractivity contribution in [3.8, 4) is 0 Å². The molecule has 0 aromatic rings. The highest BCUT2D eigenvalue weighted by Crippen LogP contribution is 2.21. The van der Waals surface area contributed by atoms with Crippen LogP contribution in [0.4, 0.5) is 0 Å². The predicted octanol–water partition coefficient (Wildman–Crippen LogP) is -4.00. The maximum absolute atomic E-state index is 11.6. The van der Waals surface area contributed by atoms with Crippen LogP contribution in [0, 0.1) is 0 Å². The van der Waals surface area contributed by atoms with E-state index in [1.807, 2.05) is 0 Å². The zero-order valence-electron chi connectivity index (χ0n) is 15.9. The molecule has 0 aromatic heterocycles. The molecule has 1 aliphatic heterocycles. The van der Waals surface area contributed by atoms with E-state index in [4.69, 9.17) is 24.1 Å². The molecule has 2 amide bonds. The number of aliphatic hydroxyl groups excluding tert-OH is 4. The Balaban J connectivity index is 2.03. The molecule has 1 fully saturated rings. The monoisotopic (exact) mass is 442 g/mol. The van der Waals surface area contributed by atoms with Crippen LogP contribution >= 0.6 is 12.6 Å². The van der Waals surface area contributed by atoms with Gasteiger partial charge in [-0.15, -0.1) is 0 Å². The van der Waals surface area contributed by atoms with Crippen LogP contribution in [0.3, 0.4) is 0 Å². The maximum atomic E-state index is 11.6. The molecule has 1 rings (SSSR count). The molecular formula is C16H30N2O10S. The molecule has 5 atom stereocenters. The molecule has 6 N–H and O–H groups in total. The van der Waals surface area contributed by atoms with E-state index in [1.54, 1.807) is 0 Å². The fourth-order valence-corrected chi connectivity index (χ4v) is 2.44. The number of carbonyl (C=O) groups excluding carboxylic acids is 2. The number of hydrogen-bond donors (Lipinski definition) is 7. The van der Waals surface area contributed by atoms with Crippen molar-refractivity contribution >= 4 is 24.4 Å². The molecule has 1 aliphatic rings. The van der Waals surface area contributed by atoms with Crippen LogP contribution in [0.2, 0.25) is 0 Å². The third kappa shape index (κ3) is 10.0. The second-order valence-electron chi connectivity index (χ2n) is 6.09. The Morgan fingerprint density at radius 3 is 2.24 bits per heavy atom. The van der Waals surface area contributed by atoms with E-state index in [-0.39, 0.29) is 50.5 Å². The van der Waals surface area contributed by atoms with Gasteiger partial charge in [-0.3, -0.25) is 9.59 Å². The number of amides is 2. The molecule has 0 saturated carbocycles. The van der Waals surface area contributed by atoms with Gasteiger partial charge in [0, 0.05) is 13.1 Å². The second kappa shape index (κ2) is 14.9. The van der Waals surface area contributed by atoms with Crippen LogP contribution in [-0.2, 0) is 28.5 Å². The first-order chi connectivity index (χ1) is 13.9. The molecule has 13 heteroatoms. The first-order valence-electron chi connectivity index (χ1n) is 9.12. The summed E-state index contributed by atoms with van der Waals surface area (Å²) >= 11 is 3.82. The molecule has 0 spiro atoms. The summed E-state index contributed by atoms with van der Waals surface area (Å²) in [6, 6.07) is 0. The zero-order chi connectivity index (χ0) is 21.6. The maximum Gasteiger partial charge on any atom is 0.246 e. The fraction of sp³-hybridized carbons (Fsp3) is 0.875. The minimum absolute atomic E-state index is 0.0322. The van der Waals surface area contributed by atoms with Crippen molar-refractivity contribution in [1.82, 2.24) is 10.6 Å². The van der Waals surface area contributed by atoms with E-state index >= 15 is 0 Å². The summed E-state index contributed by atoms with van der Waals surface area (Å²) in [5.74, 6) is -0.449. The topological polar surface area (TPSA) is 176 Å². The summed E-state index contributed by atoms with van der Waals surface area (Å²) in [4.78, 5) is 22.5. The van der Waals surface area contributed by atoms with Crippen molar-refractivity contribution in [2.45, 2.75) is 30.7 Å². The molecule has 0 bridgehead atoms. The average molecular weight is 442 g/mol. The highest BCUT2D eigenvalue weighted by molar-refractivity contribution is 7.81. The lowest BCUT2D eigenvalue weighted by molar-refractivity contribution is -0.300. The molecule has 170 valence electrons. The number of hydrogen-bond acceptors (Lipinski definition) is 11. The van der Waals surface area contributed by atoms with Crippen LogP contribution in [0.5, 0.6) is 0 Å². The van der Waals surface area contributed by atoms with Crippen molar-refractivity contribution in [3.63, 3.8) is 0 Å². The minimum Gasteiger partial charge on any atom is -0.394 e. The van der Waals surface area contributed by atoms with Gasteiger partial charge >= 0.3 is 0 Å². The number of thiol groups is 1. The molecule has 0 aromatic carbocycles. The Labute approximate surface area is 173 Å².